The van der Waals surface area contributed by atoms with Crippen molar-refractivity contribution < 1.29 is 0 Å². The molecule has 0 aliphatic rings. The van der Waals surface area contributed by atoms with Crippen LogP contribution in [0.2, 0.25) is 10.0 Å². The van der Waals surface area contributed by atoms with Crippen LogP contribution in [0.15, 0.2) is 12.1 Å². The summed E-state index contributed by atoms with van der Waals surface area (Å²) in [6.45, 7) is 0.960. The minimum absolute atomic E-state index is 0.542. The Morgan fingerprint density at radius 1 is 1.25 bits per heavy atom. The number of imidazole rings is 1. The summed E-state index contributed by atoms with van der Waals surface area (Å²) in [6, 6.07) is 3.60. The first-order chi connectivity index (χ1) is 7.56. The Kier molecular flexibility index (Phi) is 3.38. The molecule has 2 rings (SSSR count). The number of halogens is 2. The fraction of sp³-hybridized carbons (Fsp3) is 0.364. The number of nitrogens with zero attached hydrogens (tertiary/aromatic N) is 2. The van der Waals surface area contributed by atoms with Crippen molar-refractivity contribution in [3.63, 3.8) is 0 Å². The largest absolute Gasteiger partial charge is 0.342 e. The third-order valence-corrected chi connectivity index (χ3v) is 3.09. The monoisotopic (exact) mass is 257 g/mol. The summed E-state index contributed by atoms with van der Waals surface area (Å²) >= 11 is 11.9. The number of rotatable bonds is 3. The highest BCUT2D eigenvalue weighted by molar-refractivity contribution is 6.42. The van der Waals surface area contributed by atoms with Crippen LogP contribution in [0.5, 0.6) is 0 Å². The van der Waals surface area contributed by atoms with Gasteiger partial charge in [0.2, 0.25) is 0 Å². The molecule has 0 spiro atoms. The second-order valence-corrected chi connectivity index (χ2v) is 4.83. The molecule has 16 heavy (non-hydrogen) atoms. The fourth-order valence-corrected chi connectivity index (χ4v) is 1.83. The average Bonchev–Trinajstić information content (AvgIpc) is 2.58. The van der Waals surface area contributed by atoms with Crippen LogP contribution in [0.4, 0.5) is 0 Å². The molecular formula is C11H13Cl2N3. The zero-order chi connectivity index (χ0) is 11.7. The second-order valence-electron chi connectivity index (χ2n) is 4.02. The third-order valence-electron chi connectivity index (χ3n) is 2.37. The fourth-order valence-electron chi connectivity index (χ4n) is 1.51. The van der Waals surface area contributed by atoms with E-state index in [4.69, 9.17) is 23.2 Å². The molecule has 0 amide bonds. The van der Waals surface area contributed by atoms with E-state index in [2.05, 4.69) is 14.9 Å². The number of H-pyrrole nitrogens is 1. The van der Waals surface area contributed by atoms with Gasteiger partial charge in [-0.3, -0.25) is 0 Å². The summed E-state index contributed by atoms with van der Waals surface area (Å²) in [6.07, 6.45) is 0.886. The van der Waals surface area contributed by atoms with Crippen molar-refractivity contribution in [3.8, 4) is 0 Å². The highest BCUT2D eigenvalue weighted by Gasteiger charge is 2.06. The normalized spacial score (nSPS) is 11.6. The molecule has 2 aromatic rings. The van der Waals surface area contributed by atoms with Crippen molar-refractivity contribution in [1.82, 2.24) is 14.9 Å². The van der Waals surface area contributed by atoms with Gasteiger partial charge in [-0.1, -0.05) is 23.2 Å². The standard InChI is InChI=1S/C11H13Cl2N3/c1-16(2)4-3-11-14-9-5-7(12)8(13)6-10(9)15-11/h5-6H,3-4H2,1-2H3,(H,14,15). The summed E-state index contributed by atoms with van der Waals surface area (Å²) in [5.74, 6) is 0.960. The van der Waals surface area contributed by atoms with Crippen molar-refractivity contribution >= 4 is 34.2 Å². The summed E-state index contributed by atoms with van der Waals surface area (Å²) in [7, 11) is 4.08. The van der Waals surface area contributed by atoms with Gasteiger partial charge >= 0.3 is 0 Å². The Labute approximate surface area is 104 Å². The molecule has 86 valence electrons. The molecule has 0 saturated heterocycles. The number of benzene rings is 1. The molecule has 3 nitrogen and oxygen atoms in total. The van der Waals surface area contributed by atoms with Crippen LogP contribution in [0.1, 0.15) is 5.82 Å². The van der Waals surface area contributed by atoms with Gasteiger partial charge in [0.1, 0.15) is 5.82 Å². The van der Waals surface area contributed by atoms with Crippen LogP contribution in [0.3, 0.4) is 0 Å². The Balaban J connectivity index is 2.29. The van der Waals surface area contributed by atoms with Crippen molar-refractivity contribution in [2.24, 2.45) is 0 Å². The van der Waals surface area contributed by atoms with Gasteiger partial charge in [-0.05, 0) is 26.2 Å². The Morgan fingerprint density at radius 2 is 1.94 bits per heavy atom. The van der Waals surface area contributed by atoms with E-state index in [0.717, 1.165) is 29.8 Å². The number of fused-ring (bicyclic) bond motifs is 1. The summed E-state index contributed by atoms with van der Waals surface area (Å²) in [5, 5.41) is 1.09. The van der Waals surface area contributed by atoms with Gasteiger partial charge < -0.3 is 9.88 Å². The van der Waals surface area contributed by atoms with E-state index in [-0.39, 0.29) is 0 Å². The molecule has 1 aromatic carbocycles. The number of aromatic nitrogens is 2. The molecule has 0 bridgehead atoms. The number of nitrogens with one attached hydrogen (secondary N) is 1. The second kappa shape index (κ2) is 4.62. The first kappa shape index (κ1) is 11.7. The van der Waals surface area contributed by atoms with E-state index in [1.807, 2.05) is 20.2 Å². The zero-order valence-electron chi connectivity index (χ0n) is 9.22. The Hall–Kier alpha value is -0.770. The molecule has 1 N–H and O–H groups in total. The maximum Gasteiger partial charge on any atom is 0.108 e. The lowest BCUT2D eigenvalue weighted by Crippen LogP contribution is -2.15. The van der Waals surface area contributed by atoms with Gasteiger partial charge in [0.05, 0.1) is 21.1 Å². The average molecular weight is 258 g/mol. The number of hydrogen-bond donors (Lipinski definition) is 1. The minimum atomic E-state index is 0.542. The molecule has 1 heterocycles. The van der Waals surface area contributed by atoms with E-state index >= 15 is 0 Å². The lowest BCUT2D eigenvalue weighted by molar-refractivity contribution is 0.410. The number of hydrogen-bond acceptors (Lipinski definition) is 2. The van der Waals surface area contributed by atoms with Crippen LogP contribution >= 0.6 is 23.2 Å². The van der Waals surface area contributed by atoms with E-state index in [1.54, 1.807) is 6.07 Å². The molecule has 0 aliphatic heterocycles. The predicted molar refractivity (Wildman–Crippen MR) is 68.4 cm³/mol. The maximum absolute atomic E-state index is 5.94. The SMILES string of the molecule is CN(C)CCc1nc2cc(Cl)c(Cl)cc2[nH]1. The van der Waals surface area contributed by atoms with E-state index < -0.39 is 0 Å². The van der Waals surface area contributed by atoms with Crippen molar-refractivity contribution in [3.05, 3.63) is 28.0 Å². The van der Waals surface area contributed by atoms with Crippen molar-refractivity contribution in [1.29, 1.82) is 0 Å². The highest BCUT2D eigenvalue weighted by atomic mass is 35.5. The Morgan fingerprint density at radius 3 is 2.62 bits per heavy atom. The first-order valence-corrected chi connectivity index (χ1v) is 5.80. The molecular weight excluding hydrogens is 245 g/mol. The molecule has 0 radical (unpaired) electrons. The van der Waals surface area contributed by atoms with Gasteiger partial charge in [-0.2, -0.15) is 0 Å². The molecule has 0 unspecified atom stereocenters. The molecule has 0 aliphatic carbocycles. The van der Waals surface area contributed by atoms with E-state index in [0.29, 0.717) is 10.0 Å². The smallest absolute Gasteiger partial charge is 0.108 e. The molecule has 5 heteroatoms. The predicted octanol–water partition coefficient (Wildman–Crippen LogP) is 2.97. The quantitative estimate of drug-likeness (QED) is 0.917. The summed E-state index contributed by atoms with van der Waals surface area (Å²) in [4.78, 5) is 9.82. The van der Waals surface area contributed by atoms with Crippen LogP contribution < -0.4 is 0 Å². The highest BCUT2D eigenvalue weighted by Crippen LogP contribution is 2.26. The molecule has 0 atom stereocenters. The van der Waals surface area contributed by atoms with Crippen LogP contribution in [0.25, 0.3) is 11.0 Å². The third kappa shape index (κ3) is 2.48. The zero-order valence-corrected chi connectivity index (χ0v) is 10.7. The van der Waals surface area contributed by atoms with Gasteiger partial charge in [0, 0.05) is 13.0 Å². The van der Waals surface area contributed by atoms with Gasteiger partial charge in [0.25, 0.3) is 0 Å². The van der Waals surface area contributed by atoms with Crippen LogP contribution in [0, 0.1) is 0 Å². The van der Waals surface area contributed by atoms with Crippen LogP contribution in [-0.4, -0.2) is 35.5 Å². The van der Waals surface area contributed by atoms with Gasteiger partial charge in [-0.25, -0.2) is 4.98 Å². The Bertz CT molecular complexity index is 466. The lowest BCUT2D eigenvalue weighted by Gasteiger charge is -2.06. The van der Waals surface area contributed by atoms with Gasteiger partial charge in [0.15, 0.2) is 0 Å². The van der Waals surface area contributed by atoms with Crippen molar-refractivity contribution in [2.75, 3.05) is 20.6 Å². The van der Waals surface area contributed by atoms with Crippen LogP contribution in [-0.2, 0) is 6.42 Å². The maximum atomic E-state index is 5.94. The summed E-state index contributed by atoms with van der Waals surface area (Å²) < 4.78 is 0. The summed E-state index contributed by atoms with van der Waals surface area (Å²) in [5.41, 5.74) is 1.80. The molecule has 0 fully saturated rings. The number of likely N-dealkylation sites (N-methyl/N-ethyl adjacent to an activating group) is 1. The number of aromatic amines is 1. The molecule has 0 saturated carbocycles. The van der Waals surface area contributed by atoms with Crippen molar-refractivity contribution in [2.45, 2.75) is 6.42 Å². The molecule has 1 aromatic heterocycles. The van der Waals surface area contributed by atoms with E-state index in [9.17, 15) is 0 Å². The minimum Gasteiger partial charge on any atom is -0.342 e. The van der Waals surface area contributed by atoms with E-state index in [1.165, 1.54) is 0 Å². The topological polar surface area (TPSA) is 31.9 Å². The van der Waals surface area contributed by atoms with Gasteiger partial charge in [-0.15, -0.1) is 0 Å². The lowest BCUT2D eigenvalue weighted by atomic mass is 10.3. The first-order valence-electron chi connectivity index (χ1n) is 5.04.